The Morgan fingerprint density at radius 3 is 2.75 bits per heavy atom. The van der Waals surface area contributed by atoms with Crippen LogP contribution in [0.5, 0.6) is 5.75 Å². The summed E-state index contributed by atoms with van der Waals surface area (Å²) in [5, 5.41) is 10.1. The molecule has 4 heterocycles. The van der Waals surface area contributed by atoms with Crippen molar-refractivity contribution in [1.82, 2.24) is 15.0 Å². The Morgan fingerprint density at radius 2 is 2.04 bits per heavy atom. The lowest BCUT2D eigenvalue weighted by Gasteiger charge is -2.06. The number of thiophene rings is 1. The van der Waals surface area contributed by atoms with E-state index in [9.17, 15) is 18.7 Å². The van der Waals surface area contributed by atoms with Crippen LogP contribution < -0.4 is 5.56 Å². The van der Waals surface area contributed by atoms with Gasteiger partial charge < -0.3 is 10.1 Å². The highest BCUT2D eigenvalue weighted by molar-refractivity contribution is 7.25. The van der Waals surface area contributed by atoms with E-state index in [1.165, 1.54) is 6.07 Å². The van der Waals surface area contributed by atoms with Crippen molar-refractivity contribution in [1.29, 1.82) is 0 Å². The van der Waals surface area contributed by atoms with E-state index in [-0.39, 0.29) is 22.2 Å². The molecule has 0 bridgehead atoms. The standard InChI is InChI=1S/C16H9F2N3O2S/c17-15(18)7-5-9(8-3-1-2-4-19-8)20-16-12(7)13-14(24-16)10(22)6-11(23)21-13/h1-6,15H,(H2,21,22,23). The summed E-state index contributed by atoms with van der Waals surface area (Å²) in [4.78, 5) is 22.9. The minimum Gasteiger partial charge on any atom is -0.506 e. The van der Waals surface area contributed by atoms with E-state index in [4.69, 9.17) is 0 Å². The van der Waals surface area contributed by atoms with Crippen LogP contribution in [-0.4, -0.2) is 20.1 Å². The number of H-pyrrole nitrogens is 1. The van der Waals surface area contributed by atoms with Gasteiger partial charge in [-0.25, -0.2) is 13.8 Å². The summed E-state index contributed by atoms with van der Waals surface area (Å²) in [7, 11) is 0. The van der Waals surface area contributed by atoms with Gasteiger partial charge in [-0.1, -0.05) is 6.07 Å². The summed E-state index contributed by atoms with van der Waals surface area (Å²) in [6.45, 7) is 0. The van der Waals surface area contributed by atoms with Crippen molar-refractivity contribution in [2.75, 3.05) is 0 Å². The molecule has 0 saturated heterocycles. The second-order valence-corrected chi connectivity index (χ2v) is 6.12. The number of alkyl halides is 2. The number of aromatic amines is 1. The topological polar surface area (TPSA) is 78.9 Å². The number of hydrogen-bond acceptors (Lipinski definition) is 5. The van der Waals surface area contributed by atoms with Crippen molar-refractivity contribution in [3.8, 4) is 17.1 Å². The van der Waals surface area contributed by atoms with Gasteiger partial charge in [-0.15, -0.1) is 11.3 Å². The maximum atomic E-state index is 13.6. The Labute approximate surface area is 137 Å². The number of nitrogens with one attached hydrogen (secondary N) is 1. The summed E-state index contributed by atoms with van der Waals surface area (Å²) >= 11 is 1.05. The first kappa shape index (κ1) is 14.7. The highest BCUT2D eigenvalue weighted by Crippen LogP contribution is 2.41. The number of fused-ring (bicyclic) bond motifs is 3. The Hall–Kier alpha value is -2.87. The highest BCUT2D eigenvalue weighted by Gasteiger charge is 2.21. The molecule has 0 aliphatic carbocycles. The minimum absolute atomic E-state index is 0.151. The molecule has 0 saturated carbocycles. The Morgan fingerprint density at radius 1 is 1.21 bits per heavy atom. The van der Waals surface area contributed by atoms with Crippen molar-refractivity contribution in [3.05, 3.63) is 52.4 Å². The van der Waals surface area contributed by atoms with Gasteiger partial charge in [0.2, 0.25) is 0 Å². The maximum Gasteiger partial charge on any atom is 0.264 e. The fourth-order valence-electron chi connectivity index (χ4n) is 2.59. The molecule has 0 fully saturated rings. The third-order valence-electron chi connectivity index (χ3n) is 3.60. The van der Waals surface area contributed by atoms with Crippen molar-refractivity contribution < 1.29 is 13.9 Å². The summed E-state index contributed by atoms with van der Waals surface area (Å²) < 4.78 is 27.5. The largest absolute Gasteiger partial charge is 0.506 e. The molecule has 24 heavy (non-hydrogen) atoms. The van der Waals surface area contributed by atoms with Gasteiger partial charge in [0.1, 0.15) is 10.6 Å². The van der Waals surface area contributed by atoms with E-state index in [1.807, 2.05) is 0 Å². The van der Waals surface area contributed by atoms with Crippen LogP contribution in [-0.2, 0) is 0 Å². The fourth-order valence-corrected chi connectivity index (χ4v) is 3.67. The molecule has 4 aromatic rings. The number of aromatic nitrogens is 3. The van der Waals surface area contributed by atoms with Gasteiger partial charge in [-0.3, -0.25) is 9.78 Å². The van der Waals surface area contributed by atoms with E-state index in [2.05, 4.69) is 15.0 Å². The molecule has 0 amide bonds. The smallest absolute Gasteiger partial charge is 0.264 e. The zero-order chi connectivity index (χ0) is 16.8. The summed E-state index contributed by atoms with van der Waals surface area (Å²) in [5.41, 5.74) is 0.139. The third kappa shape index (κ3) is 2.23. The van der Waals surface area contributed by atoms with E-state index < -0.39 is 12.0 Å². The van der Waals surface area contributed by atoms with Crippen LogP contribution in [0.2, 0.25) is 0 Å². The van der Waals surface area contributed by atoms with Gasteiger partial charge in [0.05, 0.1) is 21.6 Å². The predicted octanol–water partition coefficient (Wildman–Crippen LogP) is 3.84. The first-order chi connectivity index (χ1) is 11.5. The number of aromatic hydroxyl groups is 1. The monoisotopic (exact) mass is 345 g/mol. The van der Waals surface area contributed by atoms with Crippen LogP contribution in [0.25, 0.3) is 31.8 Å². The van der Waals surface area contributed by atoms with E-state index in [0.29, 0.717) is 20.9 Å². The van der Waals surface area contributed by atoms with Crippen molar-refractivity contribution in [2.24, 2.45) is 0 Å². The molecular weight excluding hydrogens is 336 g/mol. The van der Waals surface area contributed by atoms with Crippen LogP contribution in [0.4, 0.5) is 8.78 Å². The average Bonchev–Trinajstić information content (AvgIpc) is 2.93. The lowest BCUT2D eigenvalue weighted by atomic mass is 10.1. The molecular formula is C16H9F2N3O2S. The van der Waals surface area contributed by atoms with Crippen LogP contribution in [0.15, 0.2) is 41.3 Å². The van der Waals surface area contributed by atoms with Gasteiger partial charge in [0.25, 0.3) is 12.0 Å². The first-order valence-corrected chi connectivity index (χ1v) is 7.75. The maximum absolute atomic E-state index is 13.6. The lowest BCUT2D eigenvalue weighted by molar-refractivity contribution is 0.153. The summed E-state index contributed by atoms with van der Waals surface area (Å²) in [5.74, 6) is -0.253. The average molecular weight is 345 g/mol. The lowest BCUT2D eigenvalue weighted by Crippen LogP contribution is -2.02. The summed E-state index contributed by atoms with van der Waals surface area (Å²) in [6, 6.07) is 7.42. The van der Waals surface area contributed by atoms with Crippen LogP contribution >= 0.6 is 11.3 Å². The molecule has 0 unspecified atom stereocenters. The van der Waals surface area contributed by atoms with Crippen LogP contribution in [0, 0.1) is 0 Å². The van der Waals surface area contributed by atoms with Crippen LogP contribution in [0.3, 0.4) is 0 Å². The second kappa shape index (κ2) is 5.34. The van der Waals surface area contributed by atoms with Gasteiger partial charge in [-0.2, -0.15) is 0 Å². The molecule has 5 nitrogen and oxygen atoms in total. The molecule has 0 aliphatic heterocycles. The molecule has 8 heteroatoms. The Kier molecular flexibility index (Phi) is 3.27. The second-order valence-electron chi connectivity index (χ2n) is 5.12. The SMILES string of the molecule is O=c1cc(O)c2sc3nc(-c4ccccn4)cc(C(F)F)c3c2[nH]1. The molecule has 0 radical (unpaired) electrons. The zero-order valence-electron chi connectivity index (χ0n) is 12.0. The number of pyridine rings is 3. The molecule has 4 aromatic heterocycles. The molecule has 4 rings (SSSR count). The number of halogens is 2. The number of nitrogens with zero attached hydrogens (tertiary/aromatic N) is 2. The normalized spacial score (nSPS) is 11.6. The van der Waals surface area contributed by atoms with Crippen molar-refractivity contribution in [3.63, 3.8) is 0 Å². The fraction of sp³-hybridized carbons (Fsp3) is 0.0625. The summed E-state index contributed by atoms with van der Waals surface area (Å²) in [6.07, 6.45) is -1.21. The molecule has 0 aromatic carbocycles. The first-order valence-electron chi connectivity index (χ1n) is 6.93. The molecule has 0 spiro atoms. The highest BCUT2D eigenvalue weighted by atomic mass is 32.1. The minimum atomic E-state index is -2.76. The Bertz CT molecular complexity index is 1120. The Balaban J connectivity index is 2.14. The zero-order valence-corrected chi connectivity index (χ0v) is 12.8. The van der Waals surface area contributed by atoms with Crippen molar-refractivity contribution in [2.45, 2.75) is 6.43 Å². The quantitative estimate of drug-likeness (QED) is 0.578. The van der Waals surface area contributed by atoms with Gasteiger partial charge >= 0.3 is 0 Å². The van der Waals surface area contributed by atoms with Gasteiger partial charge in [-0.05, 0) is 18.2 Å². The van der Waals surface area contributed by atoms with E-state index in [1.54, 1.807) is 24.4 Å². The molecule has 0 atom stereocenters. The number of hydrogen-bond donors (Lipinski definition) is 2. The molecule has 2 N–H and O–H groups in total. The van der Waals surface area contributed by atoms with Crippen molar-refractivity contribution >= 4 is 31.8 Å². The third-order valence-corrected chi connectivity index (χ3v) is 4.71. The van der Waals surface area contributed by atoms with E-state index in [0.717, 1.165) is 17.4 Å². The molecule has 120 valence electrons. The van der Waals surface area contributed by atoms with Crippen LogP contribution in [0.1, 0.15) is 12.0 Å². The molecule has 0 aliphatic rings. The predicted molar refractivity (Wildman–Crippen MR) is 87.6 cm³/mol. The number of rotatable bonds is 2. The van der Waals surface area contributed by atoms with Gasteiger partial charge in [0, 0.05) is 23.2 Å². The van der Waals surface area contributed by atoms with Gasteiger partial charge in [0.15, 0.2) is 0 Å². The van der Waals surface area contributed by atoms with E-state index >= 15 is 0 Å².